The van der Waals surface area contributed by atoms with Crippen molar-refractivity contribution in [1.82, 2.24) is 0 Å². The molecule has 0 bridgehead atoms. The largest absolute Gasteiger partial charge is 0.371 e. The third-order valence-electron chi connectivity index (χ3n) is 3.65. The van der Waals surface area contributed by atoms with Crippen LogP contribution in [-0.4, -0.2) is 13.1 Å². The number of rotatable bonds is 3. The van der Waals surface area contributed by atoms with E-state index in [4.69, 9.17) is 0 Å². The lowest BCUT2D eigenvalue weighted by Gasteiger charge is -2.33. The number of anilines is 1. The maximum Gasteiger partial charge on any atom is 0.0489 e. The molecule has 1 aliphatic heterocycles. The summed E-state index contributed by atoms with van der Waals surface area (Å²) in [6, 6.07) is 8.75. The summed E-state index contributed by atoms with van der Waals surface area (Å²) >= 11 is 0. The first-order valence-electron chi connectivity index (χ1n) is 7.19. The number of hydrogen-bond donors (Lipinski definition) is 0. The molecular weight excluding hydrogens is 218 g/mol. The summed E-state index contributed by atoms with van der Waals surface area (Å²) in [6.45, 7) is 6.67. The van der Waals surface area contributed by atoms with Gasteiger partial charge in [-0.2, -0.15) is 0 Å². The number of para-hydroxylation sites is 1. The molecule has 1 heteroatoms. The van der Waals surface area contributed by atoms with E-state index in [1.54, 1.807) is 0 Å². The molecule has 1 unspecified atom stereocenters. The molecular formula is C17H23N. The molecule has 18 heavy (non-hydrogen) atoms. The normalized spacial score (nSPS) is 17.9. The Balaban J connectivity index is 2.16. The third kappa shape index (κ3) is 2.88. The van der Waals surface area contributed by atoms with E-state index in [-0.39, 0.29) is 0 Å². The van der Waals surface area contributed by atoms with Crippen molar-refractivity contribution in [2.24, 2.45) is 0 Å². The van der Waals surface area contributed by atoms with Crippen molar-refractivity contribution in [3.63, 3.8) is 0 Å². The van der Waals surface area contributed by atoms with Gasteiger partial charge in [-0.05, 0) is 31.4 Å². The first kappa shape index (κ1) is 13.0. The molecule has 0 saturated carbocycles. The predicted molar refractivity (Wildman–Crippen MR) is 79.0 cm³/mol. The lowest BCUT2D eigenvalue weighted by Crippen LogP contribution is -2.30. The van der Waals surface area contributed by atoms with E-state index in [1.807, 2.05) is 0 Å². The van der Waals surface area contributed by atoms with Crippen LogP contribution in [0.5, 0.6) is 0 Å². The molecule has 1 aromatic carbocycles. The minimum absolute atomic E-state index is 0.445. The van der Waals surface area contributed by atoms with E-state index in [1.165, 1.54) is 30.5 Å². The summed E-state index contributed by atoms with van der Waals surface area (Å²) in [4.78, 5) is 2.46. The van der Waals surface area contributed by atoms with Gasteiger partial charge >= 0.3 is 0 Å². The van der Waals surface area contributed by atoms with E-state index in [0.717, 1.165) is 19.5 Å². The van der Waals surface area contributed by atoms with Crippen molar-refractivity contribution in [1.29, 1.82) is 0 Å². The molecule has 2 rings (SSSR count). The highest BCUT2D eigenvalue weighted by Crippen LogP contribution is 2.34. The second kappa shape index (κ2) is 6.50. The van der Waals surface area contributed by atoms with Gasteiger partial charge in [0.05, 0.1) is 0 Å². The summed E-state index contributed by atoms with van der Waals surface area (Å²) in [7, 11) is 0. The van der Waals surface area contributed by atoms with Crippen molar-refractivity contribution in [2.45, 2.75) is 45.4 Å². The minimum Gasteiger partial charge on any atom is -0.371 e. The Morgan fingerprint density at radius 2 is 2.11 bits per heavy atom. The zero-order valence-electron chi connectivity index (χ0n) is 11.6. The zero-order chi connectivity index (χ0) is 12.8. The van der Waals surface area contributed by atoms with Crippen molar-refractivity contribution >= 4 is 5.69 Å². The molecule has 1 aliphatic rings. The quantitative estimate of drug-likeness (QED) is 0.566. The summed E-state index contributed by atoms with van der Waals surface area (Å²) < 4.78 is 0. The van der Waals surface area contributed by atoms with Crippen LogP contribution in [0, 0.1) is 11.8 Å². The Kier molecular flexibility index (Phi) is 4.70. The van der Waals surface area contributed by atoms with Crippen LogP contribution in [0.15, 0.2) is 24.3 Å². The number of fused-ring (bicyclic) bond motifs is 1. The molecule has 0 N–H and O–H groups in total. The molecule has 1 nitrogen and oxygen atoms in total. The number of unbranched alkanes of at least 4 members (excludes halogenated alkanes) is 2. The van der Waals surface area contributed by atoms with E-state index < -0.39 is 0 Å². The number of nitrogens with zero attached hydrogens (tertiary/aromatic N) is 1. The topological polar surface area (TPSA) is 3.24 Å². The fourth-order valence-electron chi connectivity index (χ4n) is 2.57. The van der Waals surface area contributed by atoms with Crippen LogP contribution in [0.4, 0.5) is 5.69 Å². The smallest absolute Gasteiger partial charge is 0.0489 e. The van der Waals surface area contributed by atoms with Gasteiger partial charge < -0.3 is 4.90 Å². The number of hydrogen-bond acceptors (Lipinski definition) is 1. The lowest BCUT2D eigenvalue weighted by atomic mass is 9.90. The van der Waals surface area contributed by atoms with Gasteiger partial charge in [0.15, 0.2) is 0 Å². The Labute approximate surface area is 111 Å². The van der Waals surface area contributed by atoms with E-state index in [9.17, 15) is 0 Å². The lowest BCUT2D eigenvalue weighted by molar-refractivity contribution is 0.667. The Morgan fingerprint density at radius 1 is 1.28 bits per heavy atom. The molecule has 0 radical (unpaired) electrons. The fraction of sp³-hybridized carbons (Fsp3) is 0.529. The molecule has 1 aromatic rings. The average molecular weight is 241 g/mol. The molecule has 0 aliphatic carbocycles. The standard InChI is InChI=1S/C17H23N/c1-3-5-6-7-10-15-13-14-18(4-2)17-12-9-8-11-16(15)17/h8-9,11-12,15H,3-6,13-14H2,1-2H3. The second-order valence-corrected chi connectivity index (χ2v) is 4.90. The number of benzene rings is 1. The van der Waals surface area contributed by atoms with Crippen molar-refractivity contribution in [3.05, 3.63) is 29.8 Å². The second-order valence-electron chi connectivity index (χ2n) is 4.90. The van der Waals surface area contributed by atoms with Gasteiger partial charge in [0.25, 0.3) is 0 Å². The zero-order valence-corrected chi connectivity index (χ0v) is 11.6. The molecule has 0 amide bonds. The molecule has 1 atom stereocenters. The van der Waals surface area contributed by atoms with Crippen LogP contribution in [0.2, 0.25) is 0 Å². The monoisotopic (exact) mass is 241 g/mol. The van der Waals surface area contributed by atoms with E-state index in [0.29, 0.717) is 5.92 Å². The highest BCUT2D eigenvalue weighted by molar-refractivity contribution is 5.58. The molecule has 0 fully saturated rings. The summed E-state index contributed by atoms with van der Waals surface area (Å²) in [6.07, 6.45) is 4.68. The van der Waals surface area contributed by atoms with Crippen molar-refractivity contribution < 1.29 is 0 Å². The molecule has 0 aromatic heterocycles. The SMILES string of the molecule is CCCCC#CC1CCN(CC)c2ccccc21. The molecule has 1 heterocycles. The van der Waals surface area contributed by atoms with Gasteiger partial charge in [0.2, 0.25) is 0 Å². The van der Waals surface area contributed by atoms with Gasteiger partial charge in [-0.25, -0.2) is 0 Å². The van der Waals surface area contributed by atoms with Crippen molar-refractivity contribution in [2.75, 3.05) is 18.0 Å². The highest BCUT2D eigenvalue weighted by Gasteiger charge is 2.22. The first-order valence-corrected chi connectivity index (χ1v) is 7.19. The fourth-order valence-corrected chi connectivity index (χ4v) is 2.57. The van der Waals surface area contributed by atoms with Crippen LogP contribution in [0.25, 0.3) is 0 Å². The summed E-state index contributed by atoms with van der Waals surface area (Å²) in [5.74, 6) is 7.29. The van der Waals surface area contributed by atoms with Crippen LogP contribution in [0.1, 0.15) is 51.0 Å². The highest BCUT2D eigenvalue weighted by atomic mass is 15.1. The van der Waals surface area contributed by atoms with Gasteiger partial charge in [-0.15, -0.1) is 5.92 Å². The Bertz CT molecular complexity index is 438. The maximum absolute atomic E-state index is 3.48. The van der Waals surface area contributed by atoms with Gasteiger partial charge in [0.1, 0.15) is 0 Å². The van der Waals surface area contributed by atoms with Gasteiger partial charge in [0, 0.05) is 31.1 Å². The van der Waals surface area contributed by atoms with E-state index >= 15 is 0 Å². The maximum atomic E-state index is 3.48. The van der Waals surface area contributed by atoms with Gasteiger partial charge in [-0.1, -0.05) is 37.5 Å². The van der Waals surface area contributed by atoms with Crippen molar-refractivity contribution in [3.8, 4) is 11.8 Å². The van der Waals surface area contributed by atoms with Gasteiger partial charge in [-0.3, -0.25) is 0 Å². The Hall–Kier alpha value is -1.42. The Morgan fingerprint density at radius 3 is 2.89 bits per heavy atom. The predicted octanol–water partition coefficient (Wildman–Crippen LogP) is 4.19. The summed E-state index contributed by atoms with van der Waals surface area (Å²) in [5.41, 5.74) is 2.82. The average Bonchev–Trinajstić information content (AvgIpc) is 2.43. The van der Waals surface area contributed by atoms with E-state index in [2.05, 4.69) is 54.9 Å². The van der Waals surface area contributed by atoms with Crippen LogP contribution >= 0.6 is 0 Å². The molecule has 0 spiro atoms. The minimum atomic E-state index is 0.445. The first-order chi connectivity index (χ1) is 8.86. The summed E-state index contributed by atoms with van der Waals surface area (Å²) in [5, 5.41) is 0. The molecule has 0 saturated heterocycles. The molecule has 96 valence electrons. The van der Waals surface area contributed by atoms with Crippen LogP contribution in [-0.2, 0) is 0 Å². The van der Waals surface area contributed by atoms with Crippen LogP contribution in [0.3, 0.4) is 0 Å². The van der Waals surface area contributed by atoms with Crippen LogP contribution < -0.4 is 4.90 Å². The third-order valence-corrected chi connectivity index (χ3v) is 3.65.